The zero-order valence-corrected chi connectivity index (χ0v) is 24.5. The molecule has 0 aliphatic heterocycles. The highest BCUT2D eigenvalue weighted by Crippen LogP contribution is 2.35. The number of aromatic nitrogens is 2. The number of rotatable bonds is 6. The predicted molar refractivity (Wildman–Crippen MR) is 175 cm³/mol. The van der Waals surface area contributed by atoms with Gasteiger partial charge in [-0.1, -0.05) is 105 Å². The molecule has 1 aliphatic rings. The smallest absolute Gasteiger partial charge is 0.144 e. The monoisotopic (exact) mass is 537 g/mol. The number of hydrogen-bond acceptors (Lipinski definition) is 2. The van der Waals surface area contributed by atoms with Crippen LogP contribution in [-0.4, -0.2) is 15.6 Å². The number of para-hydroxylation sites is 1. The fourth-order valence-electron chi connectivity index (χ4n) is 5.50. The normalized spacial score (nSPS) is 13.9. The highest BCUT2D eigenvalue weighted by atomic mass is 15.2. The first-order valence-electron chi connectivity index (χ1n) is 14.6. The third-order valence-corrected chi connectivity index (χ3v) is 7.19. The maximum Gasteiger partial charge on any atom is 0.144 e. The Morgan fingerprint density at radius 3 is 2.02 bits per heavy atom. The third kappa shape index (κ3) is 6.25. The lowest BCUT2D eigenvalue weighted by molar-refractivity contribution is 0.785. The van der Waals surface area contributed by atoms with Crippen LogP contribution in [0.25, 0.3) is 28.2 Å². The van der Waals surface area contributed by atoms with Gasteiger partial charge in [-0.05, 0) is 78.9 Å². The molecule has 0 saturated carbocycles. The molecule has 1 aliphatic carbocycles. The fraction of sp³-hybridized carbons (Fsp3) is 0.184. The van der Waals surface area contributed by atoms with E-state index in [0.717, 1.165) is 17.8 Å². The topological polar surface area (TPSA) is 21.1 Å². The number of anilines is 2. The summed E-state index contributed by atoms with van der Waals surface area (Å²) >= 11 is 0. The van der Waals surface area contributed by atoms with Crippen molar-refractivity contribution in [2.24, 2.45) is 0 Å². The van der Waals surface area contributed by atoms with Crippen LogP contribution < -0.4 is 4.90 Å². The molecule has 0 spiro atoms. The number of nitrogens with zero attached hydrogens (tertiary/aromatic N) is 3. The van der Waals surface area contributed by atoms with Crippen LogP contribution in [0.4, 0.5) is 11.4 Å². The van der Waals surface area contributed by atoms with Crippen LogP contribution in [0.2, 0.25) is 0 Å². The molecule has 1 aromatic heterocycles. The fourth-order valence-corrected chi connectivity index (χ4v) is 5.50. The predicted octanol–water partition coefficient (Wildman–Crippen LogP) is 10.3. The summed E-state index contributed by atoms with van der Waals surface area (Å²) in [6, 6.07) is 34.8. The van der Waals surface area contributed by atoms with Gasteiger partial charge in [0.25, 0.3) is 0 Å². The summed E-state index contributed by atoms with van der Waals surface area (Å²) in [4.78, 5) is 7.12. The molecule has 0 fully saturated rings. The largest absolute Gasteiger partial charge is 0.334 e. The van der Waals surface area contributed by atoms with Gasteiger partial charge in [-0.15, -0.1) is 0 Å². The quantitative estimate of drug-likeness (QED) is 0.215. The Bertz CT molecular complexity index is 1600. The summed E-state index contributed by atoms with van der Waals surface area (Å²) in [6.45, 7) is 8.64. The van der Waals surface area contributed by atoms with E-state index in [0.29, 0.717) is 0 Å². The molecule has 4 aromatic carbocycles. The van der Waals surface area contributed by atoms with Gasteiger partial charge in [0.05, 0.1) is 11.7 Å². The molecule has 5 aromatic rings. The Morgan fingerprint density at radius 2 is 1.37 bits per heavy atom. The van der Waals surface area contributed by atoms with E-state index in [9.17, 15) is 0 Å². The van der Waals surface area contributed by atoms with Crippen molar-refractivity contribution in [2.45, 2.75) is 46.6 Å². The first kappa shape index (κ1) is 27.9. The van der Waals surface area contributed by atoms with Crippen LogP contribution in [0.15, 0.2) is 134 Å². The van der Waals surface area contributed by atoms with Crippen LogP contribution in [0.1, 0.15) is 37.8 Å². The van der Waals surface area contributed by atoms with Crippen molar-refractivity contribution in [3.8, 4) is 28.2 Å². The van der Waals surface area contributed by atoms with E-state index in [1.807, 2.05) is 12.3 Å². The van der Waals surface area contributed by atoms with Gasteiger partial charge in [-0.3, -0.25) is 4.57 Å². The van der Waals surface area contributed by atoms with Gasteiger partial charge < -0.3 is 4.90 Å². The van der Waals surface area contributed by atoms with Crippen LogP contribution in [0, 0.1) is 13.8 Å². The summed E-state index contributed by atoms with van der Waals surface area (Å²) in [5, 5.41) is 0. The summed E-state index contributed by atoms with van der Waals surface area (Å²) < 4.78 is 2.21. The minimum atomic E-state index is 0.279. The van der Waals surface area contributed by atoms with Gasteiger partial charge in [0, 0.05) is 29.3 Å². The standard InChI is InChI=1S/C35H31N3.C3H8/c1-26-23-30(24-27(2)34(26)37-22-21-36-35(37)28-13-6-3-7-14-28)29-15-12-20-33(25-29)38(31-16-8-4-9-17-31)32-18-10-5-11-19-32;1-3-2/h3-18,20-25,32H,19H2,1-2H3;3H2,1-2H3. The zero-order chi connectivity index (χ0) is 28.6. The van der Waals surface area contributed by atoms with E-state index >= 15 is 0 Å². The lowest BCUT2D eigenvalue weighted by Gasteiger charge is -2.33. The first-order chi connectivity index (χ1) is 20.1. The molecule has 0 saturated heterocycles. The molecule has 3 heteroatoms. The SMILES string of the molecule is CCC.Cc1cc(-c2cccc(N(c3ccccc3)C3C=CC=CC3)c2)cc(C)c1-n1ccnc1-c1ccccc1. The van der Waals surface area contributed by atoms with E-state index in [2.05, 4.69) is 164 Å². The van der Waals surface area contributed by atoms with Gasteiger partial charge in [0.2, 0.25) is 0 Å². The van der Waals surface area contributed by atoms with Crippen LogP contribution in [-0.2, 0) is 0 Å². The van der Waals surface area contributed by atoms with E-state index in [-0.39, 0.29) is 6.04 Å². The molecule has 0 bridgehead atoms. The molecular formula is C38H39N3. The Labute approximate surface area is 245 Å². The molecule has 0 amide bonds. The molecule has 6 rings (SSSR count). The molecule has 3 nitrogen and oxygen atoms in total. The average molecular weight is 538 g/mol. The van der Waals surface area contributed by atoms with Gasteiger partial charge >= 0.3 is 0 Å². The first-order valence-corrected chi connectivity index (χ1v) is 14.6. The molecular weight excluding hydrogens is 498 g/mol. The summed E-state index contributed by atoms with van der Waals surface area (Å²) in [5.41, 5.74) is 9.57. The van der Waals surface area contributed by atoms with E-state index in [1.165, 1.54) is 45.7 Å². The average Bonchev–Trinajstić information content (AvgIpc) is 3.49. The van der Waals surface area contributed by atoms with Gasteiger partial charge in [0.15, 0.2) is 0 Å². The van der Waals surface area contributed by atoms with Crippen LogP contribution in [0.5, 0.6) is 0 Å². The second-order valence-corrected chi connectivity index (χ2v) is 10.5. The molecule has 0 N–H and O–H groups in total. The number of allylic oxidation sites excluding steroid dienone is 2. The number of aryl methyl sites for hydroxylation is 2. The van der Waals surface area contributed by atoms with Crippen LogP contribution >= 0.6 is 0 Å². The van der Waals surface area contributed by atoms with Gasteiger partial charge in [0.1, 0.15) is 5.82 Å². The molecule has 1 unspecified atom stereocenters. The van der Waals surface area contributed by atoms with Crippen molar-refractivity contribution in [1.82, 2.24) is 9.55 Å². The Hall–Kier alpha value is -4.63. The molecule has 0 radical (unpaired) electrons. The summed E-state index contributed by atoms with van der Waals surface area (Å²) in [6.07, 6.45) is 15.0. The minimum Gasteiger partial charge on any atom is -0.334 e. The van der Waals surface area contributed by atoms with Crippen molar-refractivity contribution in [2.75, 3.05) is 4.90 Å². The van der Waals surface area contributed by atoms with Crippen molar-refractivity contribution in [3.63, 3.8) is 0 Å². The minimum absolute atomic E-state index is 0.279. The van der Waals surface area contributed by atoms with Crippen molar-refractivity contribution >= 4 is 11.4 Å². The number of hydrogen-bond donors (Lipinski definition) is 0. The van der Waals surface area contributed by atoms with Crippen molar-refractivity contribution in [1.29, 1.82) is 0 Å². The molecule has 206 valence electrons. The van der Waals surface area contributed by atoms with Crippen molar-refractivity contribution < 1.29 is 0 Å². The van der Waals surface area contributed by atoms with E-state index in [4.69, 9.17) is 0 Å². The maximum absolute atomic E-state index is 4.68. The highest BCUT2D eigenvalue weighted by Gasteiger charge is 2.20. The lowest BCUT2D eigenvalue weighted by atomic mass is 9.97. The number of imidazole rings is 1. The van der Waals surface area contributed by atoms with Crippen molar-refractivity contribution in [3.05, 3.63) is 145 Å². The van der Waals surface area contributed by atoms with Crippen LogP contribution in [0.3, 0.4) is 0 Å². The second-order valence-electron chi connectivity index (χ2n) is 10.5. The maximum atomic E-state index is 4.68. The Kier molecular flexibility index (Phi) is 8.95. The van der Waals surface area contributed by atoms with E-state index < -0.39 is 0 Å². The Morgan fingerprint density at radius 1 is 0.732 bits per heavy atom. The zero-order valence-electron chi connectivity index (χ0n) is 24.5. The third-order valence-electron chi connectivity index (χ3n) is 7.19. The summed E-state index contributed by atoms with van der Waals surface area (Å²) in [5.74, 6) is 0.958. The second kappa shape index (κ2) is 13.1. The molecule has 1 heterocycles. The highest BCUT2D eigenvalue weighted by molar-refractivity contribution is 5.75. The van der Waals surface area contributed by atoms with Gasteiger partial charge in [-0.25, -0.2) is 4.98 Å². The van der Waals surface area contributed by atoms with E-state index in [1.54, 1.807) is 0 Å². The Balaban J connectivity index is 0.00000108. The molecule has 1 atom stereocenters. The summed E-state index contributed by atoms with van der Waals surface area (Å²) in [7, 11) is 0. The lowest BCUT2D eigenvalue weighted by Crippen LogP contribution is -2.29. The van der Waals surface area contributed by atoms with Gasteiger partial charge in [-0.2, -0.15) is 0 Å². The molecule has 41 heavy (non-hydrogen) atoms. The number of benzene rings is 4.